The third kappa shape index (κ3) is 6.33. The summed E-state index contributed by atoms with van der Waals surface area (Å²) in [5, 5.41) is 5.45. The minimum Gasteiger partial charge on any atom is -0.495 e. The number of amides is 2. The van der Waals surface area contributed by atoms with Gasteiger partial charge in [-0.05, 0) is 35.4 Å². The molecule has 1 atom stereocenters. The van der Waals surface area contributed by atoms with Crippen molar-refractivity contribution in [3.63, 3.8) is 0 Å². The Morgan fingerprint density at radius 3 is 2.31 bits per heavy atom. The number of hydrogen-bond donors (Lipinski definition) is 2. The van der Waals surface area contributed by atoms with Crippen LogP contribution in [0, 0.1) is 0 Å². The van der Waals surface area contributed by atoms with Crippen molar-refractivity contribution in [1.29, 1.82) is 0 Å². The minimum absolute atomic E-state index is 0.0985. The van der Waals surface area contributed by atoms with E-state index in [0.717, 1.165) is 48.7 Å². The van der Waals surface area contributed by atoms with E-state index in [1.165, 1.54) is 0 Å². The Morgan fingerprint density at radius 2 is 1.63 bits per heavy atom. The molecule has 9 heteroatoms. The van der Waals surface area contributed by atoms with Gasteiger partial charge in [-0.3, -0.25) is 24.5 Å². The summed E-state index contributed by atoms with van der Waals surface area (Å²) in [4.78, 5) is 37.7. The van der Waals surface area contributed by atoms with Crippen molar-refractivity contribution in [2.24, 2.45) is 0 Å². The van der Waals surface area contributed by atoms with Gasteiger partial charge in [-0.25, -0.2) is 0 Å². The van der Waals surface area contributed by atoms with Crippen LogP contribution in [0.1, 0.15) is 17.2 Å². The summed E-state index contributed by atoms with van der Waals surface area (Å²) < 4.78 is 5.53. The zero-order valence-corrected chi connectivity index (χ0v) is 19.8. The van der Waals surface area contributed by atoms with Gasteiger partial charge in [0.1, 0.15) is 5.75 Å². The number of pyridine rings is 2. The number of benzene rings is 1. The molecule has 9 nitrogen and oxygen atoms in total. The Kier molecular flexibility index (Phi) is 8.24. The SMILES string of the molecule is COc1ccccc1N1CCN(C(CNC(=O)C(=O)NCc2cccnc2)c2cccnc2)CC1. The summed E-state index contributed by atoms with van der Waals surface area (Å²) in [6.45, 7) is 3.77. The third-order valence-electron chi connectivity index (χ3n) is 6.09. The largest absolute Gasteiger partial charge is 0.495 e. The monoisotopic (exact) mass is 474 g/mol. The number of carbonyl (C=O) groups excluding carboxylic acids is 2. The molecule has 1 fully saturated rings. The quantitative estimate of drug-likeness (QED) is 0.480. The highest BCUT2D eigenvalue weighted by atomic mass is 16.5. The second kappa shape index (κ2) is 11.9. The first-order valence-corrected chi connectivity index (χ1v) is 11.6. The van der Waals surface area contributed by atoms with Crippen LogP contribution in [-0.2, 0) is 16.1 Å². The van der Waals surface area contributed by atoms with Crippen LogP contribution in [0.4, 0.5) is 5.69 Å². The number of nitrogens with zero attached hydrogens (tertiary/aromatic N) is 4. The molecule has 1 unspecified atom stereocenters. The molecule has 35 heavy (non-hydrogen) atoms. The van der Waals surface area contributed by atoms with Crippen LogP contribution in [0.2, 0.25) is 0 Å². The number of rotatable bonds is 8. The molecule has 182 valence electrons. The van der Waals surface area contributed by atoms with Crippen molar-refractivity contribution in [1.82, 2.24) is 25.5 Å². The molecular formula is C26H30N6O3. The lowest BCUT2D eigenvalue weighted by Crippen LogP contribution is -2.51. The number of piperazine rings is 1. The van der Waals surface area contributed by atoms with Gasteiger partial charge in [-0.1, -0.05) is 24.3 Å². The molecule has 1 saturated heterocycles. The number of nitrogens with one attached hydrogen (secondary N) is 2. The molecule has 2 N–H and O–H groups in total. The predicted octanol–water partition coefficient (Wildman–Crippen LogP) is 1.78. The van der Waals surface area contributed by atoms with Crippen LogP contribution < -0.4 is 20.3 Å². The Labute approximate surface area is 205 Å². The Morgan fingerprint density at radius 1 is 0.914 bits per heavy atom. The molecule has 1 aliphatic heterocycles. The molecule has 3 aromatic rings. The maximum atomic E-state index is 12.5. The fraction of sp³-hybridized carbons (Fsp3) is 0.308. The van der Waals surface area contributed by atoms with Gasteiger partial charge in [0.15, 0.2) is 0 Å². The molecular weight excluding hydrogens is 444 g/mol. The molecule has 1 aromatic carbocycles. The summed E-state index contributed by atoms with van der Waals surface area (Å²) in [5.41, 5.74) is 2.90. The lowest BCUT2D eigenvalue weighted by Gasteiger charge is -2.40. The standard InChI is InChI=1S/C26H30N6O3/c1-35-24-9-3-2-8-22(24)31-12-14-32(15-13-31)23(21-7-5-11-28-18-21)19-30-26(34)25(33)29-17-20-6-4-10-27-16-20/h2-11,16,18,23H,12-15,17,19H2,1H3,(H,29,33)(H,30,34). The van der Waals surface area contributed by atoms with E-state index in [1.54, 1.807) is 31.8 Å². The van der Waals surface area contributed by atoms with Crippen molar-refractivity contribution in [3.8, 4) is 5.75 Å². The van der Waals surface area contributed by atoms with Crippen molar-refractivity contribution >= 4 is 17.5 Å². The number of ether oxygens (including phenoxy) is 1. The van der Waals surface area contributed by atoms with E-state index in [1.807, 2.05) is 42.6 Å². The van der Waals surface area contributed by atoms with Gasteiger partial charge < -0.3 is 20.3 Å². The first-order chi connectivity index (χ1) is 17.2. The molecule has 2 aromatic heterocycles. The maximum absolute atomic E-state index is 12.5. The number of para-hydroxylation sites is 2. The molecule has 0 saturated carbocycles. The van der Waals surface area contributed by atoms with Gasteiger partial charge in [0.05, 0.1) is 18.8 Å². The van der Waals surface area contributed by atoms with E-state index in [0.29, 0.717) is 6.54 Å². The first kappa shape index (κ1) is 24.2. The van der Waals surface area contributed by atoms with E-state index in [-0.39, 0.29) is 12.6 Å². The van der Waals surface area contributed by atoms with E-state index in [2.05, 4.69) is 36.5 Å². The van der Waals surface area contributed by atoms with Gasteiger partial charge in [0.25, 0.3) is 0 Å². The smallest absolute Gasteiger partial charge is 0.309 e. The van der Waals surface area contributed by atoms with E-state index in [9.17, 15) is 9.59 Å². The maximum Gasteiger partial charge on any atom is 0.309 e. The van der Waals surface area contributed by atoms with E-state index >= 15 is 0 Å². The highest BCUT2D eigenvalue weighted by Crippen LogP contribution is 2.30. The number of methoxy groups -OCH3 is 1. The fourth-order valence-electron chi connectivity index (χ4n) is 4.23. The average molecular weight is 475 g/mol. The van der Waals surface area contributed by atoms with Gasteiger partial charge in [0, 0.05) is 64.1 Å². The van der Waals surface area contributed by atoms with Crippen LogP contribution in [0.15, 0.2) is 73.3 Å². The summed E-state index contributed by atoms with van der Waals surface area (Å²) in [7, 11) is 1.68. The zero-order chi connectivity index (χ0) is 24.5. The van der Waals surface area contributed by atoms with Crippen LogP contribution in [0.5, 0.6) is 5.75 Å². The predicted molar refractivity (Wildman–Crippen MR) is 133 cm³/mol. The normalized spacial score (nSPS) is 14.7. The topological polar surface area (TPSA) is 99.7 Å². The first-order valence-electron chi connectivity index (χ1n) is 11.6. The van der Waals surface area contributed by atoms with Crippen molar-refractivity contribution in [2.75, 3.05) is 44.7 Å². The summed E-state index contributed by atoms with van der Waals surface area (Å²) >= 11 is 0. The van der Waals surface area contributed by atoms with Crippen LogP contribution in [0.3, 0.4) is 0 Å². The summed E-state index contributed by atoms with van der Waals surface area (Å²) in [6, 6.07) is 15.4. The lowest BCUT2D eigenvalue weighted by molar-refractivity contribution is -0.139. The second-order valence-corrected chi connectivity index (χ2v) is 8.25. The van der Waals surface area contributed by atoms with Gasteiger partial charge >= 0.3 is 11.8 Å². The van der Waals surface area contributed by atoms with Crippen LogP contribution >= 0.6 is 0 Å². The minimum atomic E-state index is -0.667. The fourth-order valence-corrected chi connectivity index (χ4v) is 4.23. The molecule has 0 spiro atoms. The Bertz CT molecular complexity index is 1100. The number of hydrogen-bond acceptors (Lipinski definition) is 7. The number of aromatic nitrogens is 2. The van der Waals surface area contributed by atoms with Crippen LogP contribution in [-0.4, -0.2) is 66.5 Å². The third-order valence-corrected chi connectivity index (χ3v) is 6.09. The second-order valence-electron chi connectivity index (χ2n) is 8.25. The van der Waals surface area contributed by atoms with Crippen molar-refractivity contribution in [2.45, 2.75) is 12.6 Å². The van der Waals surface area contributed by atoms with Crippen molar-refractivity contribution in [3.05, 3.63) is 84.4 Å². The molecule has 0 radical (unpaired) electrons. The summed E-state index contributed by atoms with van der Waals surface area (Å²) in [6.07, 6.45) is 6.85. The molecule has 2 amide bonds. The highest BCUT2D eigenvalue weighted by Gasteiger charge is 2.27. The number of carbonyl (C=O) groups is 2. The average Bonchev–Trinajstić information content (AvgIpc) is 2.93. The summed E-state index contributed by atoms with van der Waals surface area (Å²) in [5.74, 6) is -0.468. The molecule has 3 heterocycles. The van der Waals surface area contributed by atoms with Gasteiger partial charge in [-0.15, -0.1) is 0 Å². The Hall–Kier alpha value is -3.98. The molecule has 4 rings (SSSR count). The molecule has 0 bridgehead atoms. The lowest BCUT2D eigenvalue weighted by atomic mass is 10.1. The van der Waals surface area contributed by atoms with Gasteiger partial charge in [0.2, 0.25) is 0 Å². The van der Waals surface area contributed by atoms with Crippen LogP contribution in [0.25, 0.3) is 0 Å². The molecule has 0 aliphatic carbocycles. The number of anilines is 1. The van der Waals surface area contributed by atoms with Gasteiger partial charge in [-0.2, -0.15) is 0 Å². The molecule has 1 aliphatic rings. The Balaban J connectivity index is 1.36. The van der Waals surface area contributed by atoms with E-state index < -0.39 is 11.8 Å². The van der Waals surface area contributed by atoms with Crippen molar-refractivity contribution < 1.29 is 14.3 Å². The van der Waals surface area contributed by atoms with E-state index in [4.69, 9.17) is 4.74 Å². The zero-order valence-electron chi connectivity index (χ0n) is 19.8. The highest BCUT2D eigenvalue weighted by molar-refractivity contribution is 6.35.